The van der Waals surface area contributed by atoms with E-state index in [1.54, 1.807) is 6.07 Å². The van der Waals surface area contributed by atoms with Crippen molar-refractivity contribution in [3.05, 3.63) is 29.8 Å². The molecule has 1 aliphatic heterocycles. The van der Waals surface area contributed by atoms with Gasteiger partial charge in [-0.2, -0.15) is 11.8 Å². The van der Waals surface area contributed by atoms with Gasteiger partial charge >= 0.3 is 5.97 Å². The maximum Gasteiger partial charge on any atom is 0.337 e. The summed E-state index contributed by atoms with van der Waals surface area (Å²) in [6.07, 6.45) is 0. The zero-order chi connectivity index (χ0) is 13.0. The summed E-state index contributed by atoms with van der Waals surface area (Å²) in [5.41, 5.74) is 7.45. The molecule has 5 heteroatoms. The largest absolute Gasteiger partial charge is 0.465 e. The Kier molecular flexibility index (Phi) is 4.49. The van der Waals surface area contributed by atoms with E-state index in [2.05, 4.69) is 4.90 Å². The maximum atomic E-state index is 11.5. The monoisotopic (exact) mass is 266 g/mol. The van der Waals surface area contributed by atoms with Crippen molar-refractivity contribution in [1.29, 1.82) is 0 Å². The Morgan fingerprint density at radius 3 is 3.17 bits per heavy atom. The van der Waals surface area contributed by atoms with E-state index < -0.39 is 0 Å². The second-order valence-corrected chi connectivity index (χ2v) is 5.35. The molecule has 2 rings (SSSR count). The highest BCUT2D eigenvalue weighted by atomic mass is 32.2. The van der Waals surface area contributed by atoms with Crippen molar-refractivity contribution in [2.75, 3.05) is 36.6 Å². The van der Waals surface area contributed by atoms with Crippen LogP contribution in [0.25, 0.3) is 0 Å². The van der Waals surface area contributed by atoms with Gasteiger partial charge in [-0.05, 0) is 18.2 Å². The third-order valence-electron chi connectivity index (χ3n) is 3.10. The molecule has 2 N–H and O–H groups in total. The minimum Gasteiger partial charge on any atom is -0.465 e. The van der Waals surface area contributed by atoms with Crippen LogP contribution in [-0.2, 0) is 4.74 Å². The Bertz CT molecular complexity index is 425. The molecule has 1 atom stereocenters. The molecule has 1 aromatic carbocycles. The molecular weight excluding hydrogens is 248 g/mol. The number of nitrogens with zero attached hydrogens (tertiary/aromatic N) is 1. The molecule has 1 saturated heterocycles. The van der Waals surface area contributed by atoms with Gasteiger partial charge in [-0.25, -0.2) is 4.79 Å². The van der Waals surface area contributed by atoms with Gasteiger partial charge in [0.1, 0.15) is 0 Å². The number of thioether (sulfide) groups is 1. The van der Waals surface area contributed by atoms with Crippen LogP contribution in [0.2, 0.25) is 0 Å². The molecule has 0 bridgehead atoms. The smallest absolute Gasteiger partial charge is 0.337 e. The van der Waals surface area contributed by atoms with E-state index in [1.165, 1.54) is 7.11 Å². The molecule has 0 aliphatic carbocycles. The van der Waals surface area contributed by atoms with E-state index >= 15 is 0 Å². The highest BCUT2D eigenvalue weighted by Gasteiger charge is 2.22. The molecule has 0 saturated carbocycles. The SMILES string of the molecule is COC(=O)c1cccc(N2CCSCC2CN)c1. The maximum absolute atomic E-state index is 11.5. The Morgan fingerprint density at radius 1 is 1.61 bits per heavy atom. The fourth-order valence-electron chi connectivity index (χ4n) is 2.12. The predicted molar refractivity (Wildman–Crippen MR) is 75.3 cm³/mol. The van der Waals surface area contributed by atoms with Gasteiger partial charge in [0.15, 0.2) is 0 Å². The summed E-state index contributed by atoms with van der Waals surface area (Å²) in [7, 11) is 1.40. The molecule has 4 nitrogen and oxygen atoms in total. The molecule has 1 aliphatic rings. The Hall–Kier alpha value is -1.20. The number of esters is 1. The molecule has 1 unspecified atom stereocenters. The van der Waals surface area contributed by atoms with Crippen LogP contribution in [0, 0.1) is 0 Å². The Labute approximate surface area is 111 Å². The van der Waals surface area contributed by atoms with Crippen LogP contribution in [-0.4, -0.2) is 43.7 Å². The second kappa shape index (κ2) is 6.11. The summed E-state index contributed by atoms with van der Waals surface area (Å²) < 4.78 is 4.75. The third kappa shape index (κ3) is 2.79. The van der Waals surface area contributed by atoms with E-state index in [0.29, 0.717) is 18.2 Å². The normalized spacial score (nSPS) is 19.7. The van der Waals surface area contributed by atoms with Crippen LogP contribution >= 0.6 is 11.8 Å². The van der Waals surface area contributed by atoms with Gasteiger partial charge in [-0.1, -0.05) is 6.07 Å². The summed E-state index contributed by atoms with van der Waals surface area (Å²) in [5.74, 6) is 1.84. The van der Waals surface area contributed by atoms with Crippen molar-refractivity contribution in [3.63, 3.8) is 0 Å². The van der Waals surface area contributed by atoms with Crippen LogP contribution < -0.4 is 10.6 Å². The van der Waals surface area contributed by atoms with Crippen molar-refractivity contribution in [1.82, 2.24) is 0 Å². The zero-order valence-corrected chi connectivity index (χ0v) is 11.3. The molecule has 1 fully saturated rings. The fraction of sp³-hybridized carbons (Fsp3) is 0.462. The van der Waals surface area contributed by atoms with Crippen molar-refractivity contribution < 1.29 is 9.53 Å². The summed E-state index contributed by atoms with van der Waals surface area (Å²) in [4.78, 5) is 13.8. The number of benzene rings is 1. The molecule has 0 spiro atoms. The highest BCUT2D eigenvalue weighted by Crippen LogP contribution is 2.24. The average molecular weight is 266 g/mol. The van der Waals surface area contributed by atoms with Crippen molar-refractivity contribution >= 4 is 23.4 Å². The lowest BCUT2D eigenvalue weighted by molar-refractivity contribution is 0.0601. The van der Waals surface area contributed by atoms with Gasteiger partial charge in [-0.15, -0.1) is 0 Å². The van der Waals surface area contributed by atoms with E-state index in [0.717, 1.165) is 23.7 Å². The zero-order valence-electron chi connectivity index (χ0n) is 10.5. The van der Waals surface area contributed by atoms with E-state index in [-0.39, 0.29) is 5.97 Å². The lowest BCUT2D eigenvalue weighted by Gasteiger charge is -2.36. The lowest BCUT2D eigenvalue weighted by Crippen LogP contribution is -2.46. The van der Waals surface area contributed by atoms with Crippen LogP contribution in [0.4, 0.5) is 5.69 Å². The van der Waals surface area contributed by atoms with Gasteiger partial charge in [0.25, 0.3) is 0 Å². The summed E-state index contributed by atoms with van der Waals surface area (Å²) >= 11 is 1.93. The molecule has 0 amide bonds. The van der Waals surface area contributed by atoms with E-state index in [4.69, 9.17) is 10.5 Å². The quantitative estimate of drug-likeness (QED) is 0.837. The fourth-order valence-corrected chi connectivity index (χ4v) is 3.20. The number of ether oxygens (including phenoxy) is 1. The van der Waals surface area contributed by atoms with Crippen LogP contribution in [0.15, 0.2) is 24.3 Å². The Balaban J connectivity index is 2.23. The molecule has 0 aromatic heterocycles. The first kappa shape index (κ1) is 13.2. The second-order valence-electron chi connectivity index (χ2n) is 4.20. The highest BCUT2D eigenvalue weighted by molar-refractivity contribution is 7.99. The number of carbonyl (C=O) groups is 1. The van der Waals surface area contributed by atoms with Crippen LogP contribution in [0.1, 0.15) is 10.4 Å². The van der Waals surface area contributed by atoms with E-state index in [1.807, 2.05) is 30.0 Å². The topological polar surface area (TPSA) is 55.6 Å². The van der Waals surface area contributed by atoms with Crippen LogP contribution in [0.3, 0.4) is 0 Å². The first-order valence-corrected chi connectivity index (χ1v) is 7.14. The molecule has 18 heavy (non-hydrogen) atoms. The van der Waals surface area contributed by atoms with Gasteiger partial charge in [-0.3, -0.25) is 0 Å². The number of methoxy groups -OCH3 is 1. The average Bonchev–Trinajstić information content (AvgIpc) is 2.46. The molecule has 1 heterocycles. The molecule has 0 radical (unpaired) electrons. The Morgan fingerprint density at radius 2 is 2.44 bits per heavy atom. The molecule has 1 aromatic rings. The number of rotatable bonds is 3. The third-order valence-corrected chi connectivity index (χ3v) is 4.19. The minimum absolute atomic E-state index is 0.299. The van der Waals surface area contributed by atoms with Gasteiger partial charge in [0.05, 0.1) is 18.7 Å². The molecule has 98 valence electrons. The number of nitrogens with two attached hydrogens (primary N) is 1. The summed E-state index contributed by atoms with van der Waals surface area (Å²) in [5, 5.41) is 0. The first-order chi connectivity index (χ1) is 8.76. The van der Waals surface area contributed by atoms with Crippen molar-refractivity contribution in [2.45, 2.75) is 6.04 Å². The van der Waals surface area contributed by atoms with Gasteiger partial charge < -0.3 is 15.4 Å². The van der Waals surface area contributed by atoms with Gasteiger partial charge in [0, 0.05) is 30.3 Å². The predicted octanol–water partition coefficient (Wildman–Crippen LogP) is 1.35. The minimum atomic E-state index is -0.299. The number of anilines is 1. The lowest BCUT2D eigenvalue weighted by atomic mass is 10.1. The van der Waals surface area contributed by atoms with Gasteiger partial charge in [0.2, 0.25) is 0 Å². The first-order valence-electron chi connectivity index (χ1n) is 5.99. The van der Waals surface area contributed by atoms with Crippen molar-refractivity contribution in [2.24, 2.45) is 5.73 Å². The number of hydrogen-bond donors (Lipinski definition) is 1. The van der Waals surface area contributed by atoms with Crippen molar-refractivity contribution in [3.8, 4) is 0 Å². The standard InChI is InChI=1S/C13H18N2O2S/c1-17-13(16)10-3-2-4-11(7-10)15-5-6-18-9-12(15)8-14/h2-4,7,12H,5-6,8-9,14H2,1H3. The number of carbonyl (C=O) groups excluding carboxylic acids is 1. The summed E-state index contributed by atoms with van der Waals surface area (Å²) in [6, 6.07) is 7.90. The molecular formula is C13H18N2O2S. The summed E-state index contributed by atoms with van der Waals surface area (Å²) in [6.45, 7) is 1.60. The number of hydrogen-bond acceptors (Lipinski definition) is 5. The van der Waals surface area contributed by atoms with Crippen LogP contribution in [0.5, 0.6) is 0 Å². The van der Waals surface area contributed by atoms with E-state index in [9.17, 15) is 4.79 Å².